The van der Waals surface area contributed by atoms with Gasteiger partial charge in [0.2, 0.25) is 0 Å². The first-order valence-corrected chi connectivity index (χ1v) is 4.68. The summed E-state index contributed by atoms with van der Waals surface area (Å²) in [6.45, 7) is 6.28. The van der Waals surface area contributed by atoms with E-state index >= 15 is 0 Å². The quantitative estimate of drug-likeness (QED) is 0.591. The van der Waals surface area contributed by atoms with Crippen LogP contribution in [0.1, 0.15) is 40.0 Å². The highest BCUT2D eigenvalue weighted by Gasteiger charge is 2.50. The van der Waals surface area contributed by atoms with Gasteiger partial charge in [0.25, 0.3) is 0 Å². The molecule has 0 aromatic carbocycles. The molecule has 0 aliphatic heterocycles. The third-order valence-corrected chi connectivity index (χ3v) is 2.97. The first-order chi connectivity index (χ1) is 5.91. The fourth-order valence-corrected chi connectivity index (χ4v) is 1.70. The van der Waals surface area contributed by atoms with Crippen LogP contribution in [0.25, 0.3) is 0 Å². The van der Waals surface area contributed by atoms with Crippen molar-refractivity contribution in [3.63, 3.8) is 0 Å². The van der Waals surface area contributed by atoms with E-state index in [-0.39, 0.29) is 11.0 Å². The predicted octanol–water partition coefficient (Wildman–Crippen LogP) is 2.74. The zero-order valence-electron chi connectivity index (χ0n) is 8.85. The second-order valence-electron chi connectivity index (χ2n) is 4.65. The summed E-state index contributed by atoms with van der Waals surface area (Å²) in [5.41, 5.74) is -0.292. The first kappa shape index (κ1) is 10.4. The van der Waals surface area contributed by atoms with Gasteiger partial charge in [-0.05, 0) is 19.3 Å². The molecular weight excluding hydrogens is 168 g/mol. The average Bonchev–Trinajstić information content (AvgIpc) is 1.93. The van der Waals surface area contributed by atoms with Crippen LogP contribution in [0.15, 0.2) is 0 Å². The fourth-order valence-electron chi connectivity index (χ4n) is 1.70. The lowest BCUT2D eigenvalue weighted by molar-refractivity contribution is -0.138. The van der Waals surface area contributed by atoms with E-state index in [1.54, 1.807) is 0 Å². The van der Waals surface area contributed by atoms with Crippen LogP contribution in [0.4, 0.5) is 4.79 Å². The van der Waals surface area contributed by atoms with Crippen molar-refractivity contribution in [1.29, 1.82) is 0 Å². The number of ether oxygens (including phenoxy) is 2. The second kappa shape index (κ2) is 3.20. The van der Waals surface area contributed by atoms with Crippen molar-refractivity contribution < 1.29 is 14.3 Å². The Hall–Kier alpha value is -0.730. The minimum atomic E-state index is -0.561. The van der Waals surface area contributed by atoms with E-state index in [1.165, 1.54) is 7.11 Å². The third-order valence-electron chi connectivity index (χ3n) is 2.97. The van der Waals surface area contributed by atoms with Gasteiger partial charge in [0.05, 0.1) is 7.11 Å². The summed E-state index contributed by atoms with van der Waals surface area (Å²) in [5.74, 6) is 0. The second-order valence-corrected chi connectivity index (χ2v) is 4.65. The van der Waals surface area contributed by atoms with E-state index in [0.29, 0.717) is 0 Å². The lowest BCUT2D eigenvalue weighted by Gasteiger charge is -2.49. The Morgan fingerprint density at radius 2 is 1.85 bits per heavy atom. The van der Waals surface area contributed by atoms with Crippen molar-refractivity contribution in [3.05, 3.63) is 0 Å². The summed E-state index contributed by atoms with van der Waals surface area (Å²) < 4.78 is 9.84. The zero-order valence-corrected chi connectivity index (χ0v) is 8.85. The van der Waals surface area contributed by atoms with Gasteiger partial charge in [-0.15, -0.1) is 0 Å². The minimum Gasteiger partial charge on any atom is -0.438 e. The molecule has 0 heterocycles. The molecule has 1 fully saturated rings. The number of methoxy groups -OCH3 is 1. The summed E-state index contributed by atoms with van der Waals surface area (Å²) in [7, 11) is 1.34. The smallest absolute Gasteiger partial charge is 0.438 e. The van der Waals surface area contributed by atoms with E-state index in [4.69, 9.17) is 4.74 Å². The van der Waals surface area contributed by atoms with Crippen molar-refractivity contribution in [2.75, 3.05) is 7.11 Å². The standard InChI is InChI=1S/C10H18O3/c1-9(2,3)10(6-5-7-10)13-8(11)12-4/h5-7H2,1-4H3. The van der Waals surface area contributed by atoms with E-state index in [2.05, 4.69) is 25.5 Å². The average molecular weight is 186 g/mol. The molecule has 0 atom stereocenters. The Bertz CT molecular complexity index is 199. The third kappa shape index (κ3) is 1.79. The number of hydrogen-bond acceptors (Lipinski definition) is 3. The molecule has 0 radical (unpaired) electrons. The van der Waals surface area contributed by atoms with Gasteiger partial charge in [0, 0.05) is 5.41 Å². The Kier molecular flexibility index (Phi) is 2.55. The Morgan fingerprint density at radius 1 is 1.31 bits per heavy atom. The van der Waals surface area contributed by atoms with Crippen LogP contribution in [0.5, 0.6) is 0 Å². The first-order valence-electron chi connectivity index (χ1n) is 4.68. The van der Waals surface area contributed by atoms with Crippen LogP contribution in [0, 0.1) is 5.41 Å². The van der Waals surface area contributed by atoms with Gasteiger partial charge in [0.15, 0.2) is 0 Å². The molecular formula is C10H18O3. The molecule has 0 aromatic heterocycles. The molecule has 76 valence electrons. The number of rotatable bonds is 1. The van der Waals surface area contributed by atoms with Gasteiger partial charge in [-0.1, -0.05) is 20.8 Å². The maximum absolute atomic E-state index is 11.0. The Morgan fingerprint density at radius 3 is 2.08 bits per heavy atom. The van der Waals surface area contributed by atoms with Crippen molar-refractivity contribution in [1.82, 2.24) is 0 Å². The molecule has 3 heteroatoms. The summed E-state index contributed by atoms with van der Waals surface area (Å²) in [6, 6.07) is 0. The van der Waals surface area contributed by atoms with E-state index in [9.17, 15) is 4.79 Å². The van der Waals surface area contributed by atoms with E-state index < -0.39 is 6.16 Å². The zero-order chi connectivity index (χ0) is 10.1. The summed E-state index contributed by atoms with van der Waals surface area (Å²) in [6.07, 6.45) is 2.47. The van der Waals surface area contributed by atoms with Crippen LogP contribution >= 0.6 is 0 Å². The summed E-state index contributed by atoms with van der Waals surface area (Å²) in [5, 5.41) is 0. The summed E-state index contributed by atoms with van der Waals surface area (Å²) >= 11 is 0. The number of carbonyl (C=O) groups is 1. The molecule has 0 unspecified atom stereocenters. The van der Waals surface area contributed by atoms with E-state index in [0.717, 1.165) is 19.3 Å². The lowest BCUT2D eigenvalue weighted by atomic mass is 9.64. The van der Waals surface area contributed by atoms with Crippen molar-refractivity contribution in [2.24, 2.45) is 5.41 Å². The largest absolute Gasteiger partial charge is 0.508 e. The molecule has 1 saturated carbocycles. The molecule has 0 amide bonds. The van der Waals surface area contributed by atoms with Crippen LogP contribution < -0.4 is 0 Å². The lowest BCUT2D eigenvalue weighted by Crippen LogP contribution is -2.52. The monoisotopic (exact) mass is 186 g/mol. The van der Waals surface area contributed by atoms with Gasteiger partial charge in [-0.25, -0.2) is 4.79 Å². The molecule has 0 saturated heterocycles. The SMILES string of the molecule is COC(=O)OC1(C(C)(C)C)CCC1. The highest BCUT2D eigenvalue weighted by molar-refractivity contribution is 5.60. The molecule has 3 nitrogen and oxygen atoms in total. The normalized spacial score (nSPS) is 20.3. The molecule has 0 N–H and O–H groups in total. The maximum atomic E-state index is 11.0. The summed E-state index contributed by atoms with van der Waals surface area (Å²) in [4.78, 5) is 11.0. The van der Waals surface area contributed by atoms with Crippen molar-refractivity contribution in [3.8, 4) is 0 Å². The highest BCUT2D eigenvalue weighted by atomic mass is 16.7. The molecule has 1 rings (SSSR count). The molecule has 0 aromatic rings. The van der Waals surface area contributed by atoms with E-state index in [1.807, 2.05) is 0 Å². The van der Waals surface area contributed by atoms with Gasteiger partial charge in [0.1, 0.15) is 5.60 Å². The minimum absolute atomic E-state index is 0.000556. The predicted molar refractivity (Wildman–Crippen MR) is 49.5 cm³/mol. The van der Waals surface area contributed by atoms with Gasteiger partial charge < -0.3 is 9.47 Å². The van der Waals surface area contributed by atoms with Crippen LogP contribution in [-0.4, -0.2) is 18.9 Å². The molecule has 1 aliphatic rings. The van der Waals surface area contributed by atoms with Gasteiger partial charge in [-0.3, -0.25) is 0 Å². The van der Waals surface area contributed by atoms with Gasteiger partial charge in [-0.2, -0.15) is 0 Å². The molecule has 13 heavy (non-hydrogen) atoms. The Labute approximate surface area is 79.4 Å². The topological polar surface area (TPSA) is 35.5 Å². The maximum Gasteiger partial charge on any atom is 0.508 e. The molecule has 0 bridgehead atoms. The van der Waals surface area contributed by atoms with Crippen molar-refractivity contribution in [2.45, 2.75) is 45.6 Å². The van der Waals surface area contributed by atoms with Crippen LogP contribution in [0.2, 0.25) is 0 Å². The molecule has 0 spiro atoms. The Balaban J connectivity index is 2.66. The highest BCUT2D eigenvalue weighted by Crippen LogP contribution is 2.48. The molecule has 1 aliphatic carbocycles. The van der Waals surface area contributed by atoms with Gasteiger partial charge >= 0.3 is 6.16 Å². The van der Waals surface area contributed by atoms with Crippen LogP contribution in [0.3, 0.4) is 0 Å². The van der Waals surface area contributed by atoms with Crippen LogP contribution in [-0.2, 0) is 9.47 Å². The fraction of sp³-hybridized carbons (Fsp3) is 0.900. The number of hydrogen-bond donors (Lipinski definition) is 0. The van der Waals surface area contributed by atoms with Crippen molar-refractivity contribution >= 4 is 6.16 Å². The number of carbonyl (C=O) groups excluding carboxylic acids is 1.